The Morgan fingerprint density at radius 1 is 1.47 bits per heavy atom. The van der Waals surface area contributed by atoms with Gasteiger partial charge in [-0.1, -0.05) is 30.3 Å². The van der Waals surface area contributed by atoms with Crippen LogP contribution in [0.5, 0.6) is 0 Å². The van der Waals surface area contributed by atoms with Gasteiger partial charge < -0.3 is 14.6 Å². The van der Waals surface area contributed by atoms with Crippen LogP contribution in [0.4, 0.5) is 0 Å². The molecule has 2 rings (SSSR count). The Bertz CT molecular complexity index is 426. The van der Waals surface area contributed by atoms with Crippen molar-refractivity contribution in [2.75, 3.05) is 13.7 Å². The van der Waals surface area contributed by atoms with Gasteiger partial charge >= 0.3 is 5.97 Å². The summed E-state index contributed by atoms with van der Waals surface area (Å²) in [7, 11) is 1.30. The molecule has 0 fully saturated rings. The number of ether oxygens (including phenoxy) is 2. The molecule has 4 nitrogen and oxygen atoms in total. The normalized spacial score (nSPS) is 24.1. The lowest BCUT2D eigenvalue weighted by molar-refractivity contribution is -0.157. The molecule has 1 N–H and O–H groups in total. The number of carbonyl (C=O) groups excluding carboxylic acids is 1. The van der Waals surface area contributed by atoms with Crippen LogP contribution in [0.3, 0.4) is 0 Å². The van der Waals surface area contributed by atoms with E-state index < -0.39 is 17.5 Å². The van der Waals surface area contributed by atoms with E-state index in [-0.39, 0.29) is 6.61 Å². The second-order valence-corrected chi connectivity index (χ2v) is 3.96. The molecule has 1 aromatic rings. The molecule has 2 unspecified atom stereocenters. The van der Waals surface area contributed by atoms with Gasteiger partial charge in [-0.05, 0) is 11.6 Å². The van der Waals surface area contributed by atoms with Crippen molar-refractivity contribution in [3.05, 3.63) is 48.2 Å². The van der Waals surface area contributed by atoms with Crippen LogP contribution in [0.2, 0.25) is 0 Å². The van der Waals surface area contributed by atoms with Gasteiger partial charge in [0, 0.05) is 0 Å². The van der Waals surface area contributed by atoms with Gasteiger partial charge in [-0.3, -0.25) is 4.79 Å². The molecule has 0 aliphatic carbocycles. The SMILES string of the molecule is COC(=O)C1(C(O)c2ccccc2)C=COC1. The Balaban J connectivity index is 2.35. The Hall–Kier alpha value is -1.81. The Morgan fingerprint density at radius 3 is 2.71 bits per heavy atom. The van der Waals surface area contributed by atoms with E-state index in [0.717, 1.165) is 0 Å². The first-order valence-electron chi connectivity index (χ1n) is 5.31. The lowest BCUT2D eigenvalue weighted by Gasteiger charge is -2.28. The molecule has 1 heterocycles. The highest BCUT2D eigenvalue weighted by atomic mass is 16.5. The summed E-state index contributed by atoms with van der Waals surface area (Å²) in [6.07, 6.45) is 1.99. The molecule has 90 valence electrons. The summed E-state index contributed by atoms with van der Waals surface area (Å²) in [6, 6.07) is 9.00. The summed E-state index contributed by atoms with van der Waals surface area (Å²) >= 11 is 0. The van der Waals surface area contributed by atoms with Crippen LogP contribution in [0.15, 0.2) is 42.7 Å². The zero-order valence-electron chi connectivity index (χ0n) is 9.50. The summed E-state index contributed by atoms with van der Waals surface area (Å²) < 4.78 is 9.83. The highest BCUT2D eigenvalue weighted by Crippen LogP contribution is 2.39. The summed E-state index contributed by atoms with van der Waals surface area (Å²) in [5.41, 5.74) is -0.483. The van der Waals surface area contributed by atoms with Gasteiger partial charge in [0.15, 0.2) is 5.41 Å². The fraction of sp³-hybridized carbons (Fsp3) is 0.308. The van der Waals surface area contributed by atoms with Gasteiger partial charge in [-0.25, -0.2) is 0 Å². The fourth-order valence-corrected chi connectivity index (χ4v) is 1.94. The number of methoxy groups -OCH3 is 1. The lowest BCUT2D eigenvalue weighted by atomic mass is 9.80. The van der Waals surface area contributed by atoms with Crippen molar-refractivity contribution in [3.8, 4) is 0 Å². The molecule has 2 atom stereocenters. The van der Waals surface area contributed by atoms with E-state index in [2.05, 4.69) is 0 Å². The van der Waals surface area contributed by atoms with Crippen LogP contribution in [0.1, 0.15) is 11.7 Å². The number of aliphatic hydroxyl groups excluding tert-OH is 1. The Kier molecular flexibility index (Phi) is 3.15. The average Bonchev–Trinajstić information content (AvgIpc) is 2.88. The smallest absolute Gasteiger partial charge is 0.322 e. The van der Waals surface area contributed by atoms with Crippen molar-refractivity contribution in [2.24, 2.45) is 5.41 Å². The summed E-state index contributed by atoms with van der Waals surface area (Å²) in [4.78, 5) is 11.8. The Morgan fingerprint density at radius 2 is 2.18 bits per heavy atom. The molecule has 0 spiro atoms. The van der Waals surface area contributed by atoms with E-state index >= 15 is 0 Å². The number of hydrogen-bond donors (Lipinski definition) is 1. The van der Waals surface area contributed by atoms with Gasteiger partial charge in [0.2, 0.25) is 0 Å². The predicted octanol–water partition coefficient (Wildman–Crippen LogP) is 1.42. The molecule has 0 radical (unpaired) electrons. The summed E-state index contributed by atoms with van der Waals surface area (Å²) in [6.45, 7) is 0.0930. The van der Waals surface area contributed by atoms with Crippen LogP contribution < -0.4 is 0 Å². The minimum absolute atomic E-state index is 0.0930. The van der Waals surface area contributed by atoms with Crippen molar-refractivity contribution < 1.29 is 19.4 Å². The number of carbonyl (C=O) groups is 1. The lowest BCUT2D eigenvalue weighted by Crippen LogP contribution is -2.38. The maximum atomic E-state index is 11.8. The van der Waals surface area contributed by atoms with Gasteiger partial charge in [0.1, 0.15) is 12.7 Å². The number of hydrogen-bond acceptors (Lipinski definition) is 4. The molecule has 0 amide bonds. The molecule has 0 aromatic heterocycles. The second kappa shape index (κ2) is 4.59. The minimum atomic E-state index is -1.14. The van der Waals surface area contributed by atoms with E-state index in [1.54, 1.807) is 18.2 Å². The predicted molar refractivity (Wildman–Crippen MR) is 60.9 cm³/mol. The highest BCUT2D eigenvalue weighted by Gasteiger charge is 2.48. The molecule has 0 saturated carbocycles. The molecule has 4 heteroatoms. The van der Waals surface area contributed by atoms with E-state index in [0.29, 0.717) is 5.56 Å². The first-order valence-corrected chi connectivity index (χ1v) is 5.31. The van der Waals surface area contributed by atoms with Crippen LogP contribution >= 0.6 is 0 Å². The average molecular weight is 234 g/mol. The van der Waals surface area contributed by atoms with Crippen LogP contribution in [0, 0.1) is 5.41 Å². The van der Waals surface area contributed by atoms with Crippen molar-refractivity contribution in [1.82, 2.24) is 0 Å². The summed E-state index contributed by atoms with van der Waals surface area (Å²) in [5, 5.41) is 10.3. The number of aliphatic hydroxyl groups is 1. The largest absolute Gasteiger partial charge is 0.500 e. The van der Waals surface area contributed by atoms with E-state index in [9.17, 15) is 9.90 Å². The van der Waals surface area contributed by atoms with Gasteiger partial charge in [0.25, 0.3) is 0 Å². The fourth-order valence-electron chi connectivity index (χ4n) is 1.94. The third-order valence-electron chi connectivity index (χ3n) is 2.95. The van der Waals surface area contributed by atoms with Gasteiger partial charge in [0.05, 0.1) is 13.4 Å². The molecule has 17 heavy (non-hydrogen) atoms. The third-order valence-corrected chi connectivity index (χ3v) is 2.95. The molecule has 0 bridgehead atoms. The zero-order chi connectivity index (χ0) is 12.3. The molecule has 1 aliphatic rings. The topological polar surface area (TPSA) is 55.8 Å². The van der Waals surface area contributed by atoms with Crippen molar-refractivity contribution in [3.63, 3.8) is 0 Å². The summed E-state index contributed by atoms with van der Waals surface area (Å²) in [5.74, 6) is -0.498. The van der Waals surface area contributed by atoms with E-state index in [1.807, 2.05) is 18.2 Å². The zero-order valence-corrected chi connectivity index (χ0v) is 9.50. The highest BCUT2D eigenvalue weighted by molar-refractivity contribution is 5.80. The number of benzene rings is 1. The van der Waals surface area contributed by atoms with Crippen molar-refractivity contribution in [2.45, 2.75) is 6.10 Å². The molecule has 1 aromatic carbocycles. The molecular weight excluding hydrogens is 220 g/mol. The molecule has 0 saturated heterocycles. The maximum Gasteiger partial charge on any atom is 0.322 e. The van der Waals surface area contributed by atoms with Crippen LogP contribution in [-0.2, 0) is 14.3 Å². The van der Waals surface area contributed by atoms with Crippen LogP contribution in [-0.4, -0.2) is 24.8 Å². The molecule has 1 aliphatic heterocycles. The minimum Gasteiger partial charge on any atom is -0.500 e. The van der Waals surface area contributed by atoms with Crippen molar-refractivity contribution in [1.29, 1.82) is 0 Å². The van der Waals surface area contributed by atoms with Crippen LogP contribution in [0.25, 0.3) is 0 Å². The molecular formula is C13H14O4. The quantitative estimate of drug-likeness (QED) is 0.804. The third kappa shape index (κ3) is 1.91. The number of rotatable bonds is 3. The van der Waals surface area contributed by atoms with E-state index in [4.69, 9.17) is 9.47 Å². The number of esters is 1. The maximum absolute atomic E-state index is 11.8. The first-order chi connectivity index (χ1) is 8.20. The standard InChI is InChI=1S/C13H14O4/c1-16-12(15)13(7-8-17-9-13)11(14)10-5-3-2-4-6-10/h2-8,11,14H,9H2,1H3. The van der Waals surface area contributed by atoms with Gasteiger partial charge in [-0.2, -0.15) is 0 Å². The first kappa shape index (κ1) is 11.7. The Labute approximate surface area is 99.5 Å². The van der Waals surface area contributed by atoms with Crippen molar-refractivity contribution >= 4 is 5.97 Å². The monoisotopic (exact) mass is 234 g/mol. The van der Waals surface area contributed by atoms with Gasteiger partial charge in [-0.15, -0.1) is 0 Å². The van der Waals surface area contributed by atoms with E-state index in [1.165, 1.54) is 13.4 Å². The second-order valence-electron chi connectivity index (χ2n) is 3.96.